The number of halogens is 1. The summed E-state index contributed by atoms with van der Waals surface area (Å²) in [5.74, 6) is 0.524. The van der Waals surface area contributed by atoms with Crippen LogP contribution < -0.4 is 4.74 Å². The van der Waals surface area contributed by atoms with Crippen LogP contribution in [-0.4, -0.2) is 33.0 Å². The minimum Gasteiger partial charge on any atom is -0.493 e. The molecule has 1 heterocycles. The zero-order valence-electron chi connectivity index (χ0n) is 17.0. The summed E-state index contributed by atoms with van der Waals surface area (Å²) < 4.78 is 7.61. The van der Waals surface area contributed by atoms with Crippen molar-refractivity contribution in [3.63, 3.8) is 0 Å². The van der Waals surface area contributed by atoms with Gasteiger partial charge in [-0.15, -0.1) is 0 Å². The van der Waals surface area contributed by atoms with E-state index in [2.05, 4.69) is 0 Å². The molecule has 0 aliphatic rings. The maximum Gasteiger partial charge on any atom is 0.327 e. The lowest BCUT2D eigenvalue weighted by atomic mass is 9.86. The van der Waals surface area contributed by atoms with Gasteiger partial charge in [-0.2, -0.15) is 0 Å². The lowest BCUT2D eigenvalue weighted by Gasteiger charge is -2.29. The number of aryl methyl sites for hydroxylation is 1. The molecule has 0 fully saturated rings. The van der Waals surface area contributed by atoms with E-state index in [1.165, 1.54) is 11.8 Å². The predicted molar refractivity (Wildman–Crippen MR) is 118 cm³/mol. The Hall–Kier alpha value is -2.18. The summed E-state index contributed by atoms with van der Waals surface area (Å²) in [7, 11) is 0. The van der Waals surface area contributed by atoms with Gasteiger partial charge in [-0.1, -0.05) is 50.2 Å². The van der Waals surface area contributed by atoms with Crippen LogP contribution in [0.25, 0.3) is 11.0 Å². The smallest absolute Gasteiger partial charge is 0.327 e. The lowest BCUT2D eigenvalue weighted by molar-refractivity contribution is -0.144. The van der Waals surface area contributed by atoms with E-state index in [0.29, 0.717) is 22.5 Å². The van der Waals surface area contributed by atoms with E-state index in [4.69, 9.17) is 21.3 Å². The van der Waals surface area contributed by atoms with E-state index in [-0.39, 0.29) is 0 Å². The molecular weight excluding hydrogens is 408 g/mol. The van der Waals surface area contributed by atoms with Crippen molar-refractivity contribution in [1.82, 2.24) is 9.55 Å². The highest BCUT2D eigenvalue weighted by atomic mass is 35.5. The minimum absolute atomic E-state index is 0.473. The summed E-state index contributed by atoms with van der Waals surface area (Å²) >= 11 is 7.39. The number of carbonyl (C=O) groups is 1. The van der Waals surface area contributed by atoms with Crippen LogP contribution >= 0.6 is 23.4 Å². The highest BCUT2D eigenvalue weighted by molar-refractivity contribution is 7.99. The standard InChI is InChI=1S/C22H25ClN2O3S/c1-14-5-10-18-17(13-14)24-21(25(18)19(20(26)27)22(2,3)4)29-12-11-28-16-8-6-15(23)7-9-16/h5-10,13,19H,11-12H2,1-4H3,(H,26,27). The molecule has 2 aromatic carbocycles. The third kappa shape index (κ3) is 5.06. The summed E-state index contributed by atoms with van der Waals surface area (Å²) in [5, 5.41) is 11.3. The van der Waals surface area contributed by atoms with Crippen LogP contribution in [0.2, 0.25) is 5.02 Å². The lowest BCUT2D eigenvalue weighted by Crippen LogP contribution is -2.32. The van der Waals surface area contributed by atoms with Crippen LogP contribution in [0, 0.1) is 12.3 Å². The summed E-state index contributed by atoms with van der Waals surface area (Å²) in [6.45, 7) is 8.28. The Morgan fingerprint density at radius 1 is 1.24 bits per heavy atom. The van der Waals surface area contributed by atoms with Gasteiger partial charge in [-0.05, 0) is 54.3 Å². The van der Waals surface area contributed by atoms with Crippen molar-refractivity contribution in [2.45, 2.75) is 38.9 Å². The maximum atomic E-state index is 12.2. The number of rotatable bonds is 7. The molecular formula is C22H25ClN2O3S. The quantitative estimate of drug-likeness (QED) is 0.375. The average Bonchev–Trinajstić information content (AvgIpc) is 2.96. The summed E-state index contributed by atoms with van der Waals surface area (Å²) in [6.07, 6.45) is 0. The number of hydrogen-bond donors (Lipinski definition) is 1. The van der Waals surface area contributed by atoms with E-state index in [0.717, 1.165) is 22.3 Å². The molecule has 1 atom stereocenters. The van der Waals surface area contributed by atoms with Gasteiger partial charge < -0.3 is 14.4 Å². The number of fused-ring (bicyclic) bond motifs is 1. The fraction of sp³-hybridized carbons (Fsp3) is 0.364. The molecule has 3 aromatic rings. The van der Waals surface area contributed by atoms with Gasteiger partial charge in [-0.3, -0.25) is 0 Å². The second-order valence-electron chi connectivity index (χ2n) is 8.01. The number of nitrogens with zero attached hydrogens (tertiary/aromatic N) is 2. The number of thioether (sulfide) groups is 1. The van der Waals surface area contributed by atoms with Crippen molar-refractivity contribution in [1.29, 1.82) is 0 Å². The van der Waals surface area contributed by atoms with E-state index in [1.807, 2.05) is 62.6 Å². The zero-order valence-corrected chi connectivity index (χ0v) is 18.5. The molecule has 0 saturated carbocycles. The van der Waals surface area contributed by atoms with Crippen LogP contribution in [0.4, 0.5) is 0 Å². The number of carboxylic acid groups (broad SMARTS) is 1. The fourth-order valence-electron chi connectivity index (χ4n) is 3.23. The Balaban J connectivity index is 1.86. The third-order valence-corrected chi connectivity index (χ3v) is 5.69. The summed E-state index contributed by atoms with van der Waals surface area (Å²) in [6, 6.07) is 12.4. The molecule has 0 radical (unpaired) electrons. The van der Waals surface area contributed by atoms with Crippen molar-refractivity contribution in [2.75, 3.05) is 12.4 Å². The van der Waals surface area contributed by atoms with E-state index >= 15 is 0 Å². The molecule has 7 heteroatoms. The Kier molecular flexibility index (Phi) is 6.44. The van der Waals surface area contributed by atoms with Gasteiger partial charge in [0.1, 0.15) is 11.8 Å². The number of hydrogen-bond acceptors (Lipinski definition) is 4. The molecule has 0 amide bonds. The topological polar surface area (TPSA) is 64.4 Å². The van der Waals surface area contributed by atoms with Crippen molar-refractivity contribution in [3.05, 3.63) is 53.1 Å². The highest BCUT2D eigenvalue weighted by Gasteiger charge is 2.35. The van der Waals surface area contributed by atoms with E-state index in [1.54, 1.807) is 12.1 Å². The van der Waals surface area contributed by atoms with E-state index in [9.17, 15) is 9.90 Å². The van der Waals surface area contributed by atoms with Crippen molar-refractivity contribution >= 4 is 40.4 Å². The molecule has 154 valence electrons. The first-order valence-electron chi connectivity index (χ1n) is 9.39. The van der Waals surface area contributed by atoms with Gasteiger partial charge in [0.25, 0.3) is 0 Å². The van der Waals surface area contributed by atoms with Gasteiger partial charge in [0.05, 0.1) is 17.6 Å². The molecule has 0 aliphatic heterocycles. The van der Waals surface area contributed by atoms with Crippen LogP contribution in [0.15, 0.2) is 47.6 Å². The van der Waals surface area contributed by atoms with Crippen molar-refractivity contribution in [3.8, 4) is 5.75 Å². The van der Waals surface area contributed by atoms with Crippen molar-refractivity contribution < 1.29 is 14.6 Å². The van der Waals surface area contributed by atoms with Crippen molar-refractivity contribution in [2.24, 2.45) is 5.41 Å². The molecule has 1 N–H and O–H groups in total. The number of carboxylic acids is 1. The minimum atomic E-state index is -0.864. The molecule has 0 saturated heterocycles. The first kappa shape index (κ1) is 21.5. The van der Waals surface area contributed by atoms with Gasteiger partial charge in [-0.25, -0.2) is 9.78 Å². The molecule has 0 aliphatic carbocycles. The predicted octanol–water partition coefficient (Wildman–Crippen LogP) is 5.84. The highest BCUT2D eigenvalue weighted by Crippen LogP contribution is 2.37. The Morgan fingerprint density at radius 2 is 1.93 bits per heavy atom. The van der Waals surface area contributed by atoms with Gasteiger partial charge in [0.2, 0.25) is 0 Å². The molecule has 5 nitrogen and oxygen atoms in total. The molecule has 0 spiro atoms. The van der Waals surface area contributed by atoms with Gasteiger partial charge >= 0.3 is 5.97 Å². The first-order chi connectivity index (χ1) is 13.7. The average molecular weight is 433 g/mol. The number of imidazole rings is 1. The molecule has 29 heavy (non-hydrogen) atoms. The second kappa shape index (κ2) is 8.67. The SMILES string of the molecule is Cc1ccc2c(c1)nc(SCCOc1ccc(Cl)cc1)n2C(C(=O)O)C(C)(C)C. The number of ether oxygens (including phenoxy) is 1. The van der Waals surface area contributed by atoms with Gasteiger partial charge in [0.15, 0.2) is 5.16 Å². The third-order valence-electron chi connectivity index (χ3n) is 4.52. The second-order valence-corrected chi connectivity index (χ2v) is 9.51. The van der Waals surface area contributed by atoms with Crippen LogP contribution in [0.3, 0.4) is 0 Å². The monoisotopic (exact) mass is 432 g/mol. The fourth-order valence-corrected chi connectivity index (χ4v) is 4.21. The maximum absolute atomic E-state index is 12.2. The Morgan fingerprint density at radius 3 is 2.55 bits per heavy atom. The molecule has 1 aromatic heterocycles. The normalized spacial score (nSPS) is 12.9. The van der Waals surface area contributed by atoms with Gasteiger partial charge in [0, 0.05) is 10.8 Å². The first-order valence-corrected chi connectivity index (χ1v) is 10.8. The number of benzene rings is 2. The zero-order chi connectivity index (χ0) is 21.2. The molecule has 0 bridgehead atoms. The van der Waals surface area contributed by atoms with E-state index < -0.39 is 17.4 Å². The summed E-state index contributed by atoms with van der Waals surface area (Å²) in [5.41, 5.74) is 2.26. The Labute approximate surface area is 180 Å². The Bertz CT molecular complexity index is 1010. The molecule has 3 rings (SSSR count). The molecule has 1 unspecified atom stereocenters. The van der Waals surface area contributed by atoms with Crippen LogP contribution in [-0.2, 0) is 4.79 Å². The number of aliphatic carboxylic acids is 1. The van der Waals surface area contributed by atoms with Crippen LogP contribution in [0.1, 0.15) is 32.4 Å². The summed E-state index contributed by atoms with van der Waals surface area (Å²) in [4.78, 5) is 16.9. The number of aromatic nitrogens is 2. The van der Waals surface area contributed by atoms with Crippen LogP contribution in [0.5, 0.6) is 5.75 Å². The largest absolute Gasteiger partial charge is 0.493 e.